The molecule has 0 aliphatic heterocycles. The Morgan fingerprint density at radius 3 is 2.52 bits per heavy atom. The van der Waals surface area contributed by atoms with E-state index in [9.17, 15) is 14.0 Å². The molecule has 0 bridgehead atoms. The van der Waals surface area contributed by atoms with Crippen molar-refractivity contribution in [2.45, 2.75) is 0 Å². The third-order valence-corrected chi connectivity index (χ3v) is 4.66. The first kappa shape index (κ1) is 19.3. The van der Waals surface area contributed by atoms with Crippen LogP contribution in [0.3, 0.4) is 0 Å². The third kappa shape index (κ3) is 4.73. The molecule has 0 atom stereocenters. The van der Waals surface area contributed by atoms with Crippen LogP contribution in [0, 0.1) is 9.39 Å². The molecule has 6 nitrogen and oxygen atoms in total. The van der Waals surface area contributed by atoms with Crippen molar-refractivity contribution in [2.75, 3.05) is 24.9 Å². The van der Waals surface area contributed by atoms with Gasteiger partial charge in [-0.05, 0) is 52.9 Å². The topological polar surface area (TPSA) is 76.7 Å². The number of methoxy groups -OCH3 is 2. The van der Waals surface area contributed by atoms with E-state index in [1.165, 1.54) is 25.3 Å². The number of nitrogens with one attached hydrogen (secondary N) is 2. The molecule has 2 aromatic carbocycles. The van der Waals surface area contributed by atoms with Crippen LogP contribution in [0.4, 0.5) is 20.6 Å². The van der Waals surface area contributed by atoms with Crippen LogP contribution in [-0.4, -0.2) is 26.2 Å². The molecule has 2 amide bonds. The van der Waals surface area contributed by atoms with E-state index in [1.54, 1.807) is 6.07 Å². The number of hydrogen-bond donors (Lipinski definition) is 2. The summed E-state index contributed by atoms with van der Waals surface area (Å²) in [5, 5.41) is 5.22. The molecule has 2 N–H and O–H groups in total. The highest BCUT2D eigenvalue weighted by Crippen LogP contribution is 2.29. The van der Waals surface area contributed by atoms with Crippen molar-refractivity contribution in [1.29, 1.82) is 0 Å². The van der Waals surface area contributed by atoms with Crippen LogP contribution in [0.5, 0.6) is 5.75 Å². The zero-order chi connectivity index (χ0) is 18.6. The van der Waals surface area contributed by atoms with Crippen molar-refractivity contribution < 1.29 is 23.5 Å². The molecule has 0 aliphatic rings. The maximum Gasteiger partial charge on any atom is 0.411 e. The van der Waals surface area contributed by atoms with E-state index in [4.69, 9.17) is 16.3 Å². The van der Waals surface area contributed by atoms with Gasteiger partial charge in [0.2, 0.25) is 0 Å². The Labute approximate surface area is 161 Å². The average Bonchev–Trinajstić information content (AvgIpc) is 2.59. The molecule has 0 fully saturated rings. The van der Waals surface area contributed by atoms with Gasteiger partial charge < -0.3 is 14.8 Å². The predicted octanol–water partition coefficient (Wildman–Crippen LogP) is 4.52. The summed E-state index contributed by atoms with van der Waals surface area (Å²) < 4.78 is 24.1. The molecule has 0 saturated heterocycles. The molecule has 0 unspecified atom stereocenters. The van der Waals surface area contributed by atoms with Crippen molar-refractivity contribution in [3.8, 4) is 5.75 Å². The quantitative estimate of drug-likeness (QED) is 0.634. The van der Waals surface area contributed by atoms with E-state index in [2.05, 4.69) is 15.4 Å². The molecule has 25 heavy (non-hydrogen) atoms. The Bertz CT molecular complexity index is 832. The van der Waals surface area contributed by atoms with Crippen LogP contribution in [0.2, 0.25) is 5.02 Å². The Morgan fingerprint density at radius 1 is 1.16 bits per heavy atom. The summed E-state index contributed by atoms with van der Waals surface area (Å²) in [7, 11) is 2.60. The maximum absolute atomic E-state index is 13.7. The van der Waals surface area contributed by atoms with E-state index < -0.39 is 17.8 Å². The average molecular weight is 479 g/mol. The summed E-state index contributed by atoms with van der Waals surface area (Å²) in [6.07, 6.45) is -0.825. The summed E-state index contributed by atoms with van der Waals surface area (Å²) in [5.74, 6) is -0.814. The van der Waals surface area contributed by atoms with Crippen LogP contribution in [0.15, 0.2) is 30.3 Å². The van der Waals surface area contributed by atoms with Crippen LogP contribution < -0.4 is 15.4 Å². The molecule has 0 radical (unpaired) electrons. The zero-order valence-corrected chi connectivity index (χ0v) is 16.1. The second kappa shape index (κ2) is 8.34. The smallest absolute Gasteiger partial charge is 0.411 e. The van der Waals surface area contributed by atoms with E-state index >= 15 is 0 Å². The van der Waals surface area contributed by atoms with Crippen molar-refractivity contribution >= 4 is 57.6 Å². The SMILES string of the molecule is COC(=O)Nc1cc(NC(=O)c2cc(Cl)c(I)cc2OC)ccc1F. The molecule has 9 heteroatoms. The lowest BCUT2D eigenvalue weighted by Crippen LogP contribution is -2.15. The Balaban J connectivity index is 2.28. The fraction of sp³-hybridized carbons (Fsp3) is 0.125. The largest absolute Gasteiger partial charge is 0.496 e. The summed E-state index contributed by atoms with van der Waals surface area (Å²) in [6, 6.07) is 6.85. The summed E-state index contributed by atoms with van der Waals surface area (Å²) in [6.45, 7) is 0. The van der Waals surface area contributed by atoms with Gasteiger partial charge in [-0.25, -0.2) is 9.18 Å². The van der Waals surface area contributed by atoms with E-state index in [0.29, 0.717) is 10.8 Å². The third-order valence-electron chi connectivity index (χ3n) is 3.13. The first-order valence-corrected chi connectivity index (χ1v) is 8.30. The number of amides is 2. The number of anilines is 2. The first-order chi connectivity index (χ1) is 11.8. The van der Waals surface area contributed by atoms with Gasteiger partial charge in [-0.1, -0.05) is 11.6 Å². The van der Waals surface area contributed by atoms with Crippen LogP contribution >= 0.6 is 34.2 Å². The highest BCUT2D eigenvalue weighted by molar-refractivity contribution is 14.1. The van der Waals surface area contributed by atoms with Crippen molar-refractivity contribution in [2.24, 2.45) is 0 Å². The number of benzene rings is 2. The molecule has 132 valence electrons. The summed E-state index contributed by atoms with van der Waals surface area (Å²) in [4.78, 5) is 23.7. The Hall–Kier alpha value is -2.07. The van der Waals surface area contributed by atoms with Crippen LogP contribution in [-0.2, 0) is 4.74 Å². The van der Waals surface area contributed by atoms with Gasteiger partial charge in [0, 0.05) is 9.26 Å². The lowest BCUT2D eigenvalue weighted by molar-refractivity contribution is 0.102. The van der Waals surface area contributed by atoms with Gasteiger partial charge in [0.1, 0.15) is 11.6 Å². The summed E-state index contributed by atoms with van der Waals surface area (Å²) in [5.41, 5.74) is 0.367. The molecule has 0 heterocycles. The molecule has 2 aromatic rings. The number of hydrogen-bond acceptors (Lipinski definition) is 4. The predicted molar refractivity (Wildman–Crippen MR) is 101 cm³/mol. The van der Waals surface area contributed by atoms with E-state index in [-0.39, 0.29) is 16.9 Å². The fourth-order valence-electron chi connectivity index (χ4n) is 1.93. The minimum Gasteiger partial charge on any atom is -0.496 e. The van der Waals surface area contributed by atoms with Gasteiger partial charge >= 0.3 is 6.09 Å². The van der Waals surface area contributed by atoms with Crippen LogP contribution in [0.25, 0.3) is 0 Å². The minimum atomic E-state index is -0.825. The molecule has 0 spiro atoms. The maximum atomic E-state index is 13.7. The second-order valence-corrected chi connectivity index (χ2v) is 6.30. The van der Waals surface area contributed by atoms with E-state index in [1.807, 2.05) is 22.6 Å². The number of ether oxygens (including phenoxy) is 2. The molecule has 2 rings (SSSR count). The molecule has 0 aromatic heterocycles. The monoisotopic (exact) mass is 478 g/mol. The number of rotatable bonds is 4. The van der Waals surface area contributed by atoms with Crippen molar-refractivity contribution in [1.82, 2.24) is 0 Å². The normalized spacial score (nSPS) is 10.1. The number of carbonyl (C=O) groups excluding carboxylic acids is 2. The Kier molecular flexibility index (Phi) is 6.43. The van der Waals surface area contributed by atoms with Crippen LogP contribution in [0.1, 0.15) is 10.4 Å². The lowest BCUT2D eigenvalue weighted by Gasteiger charge is -2.12. The van der Waals surface area contributed by atoms with Gasteiger partial charge in [-0.3, -0.25) is 10.1 Å². The van der Waals surface area contributed by atoms with Crippen molar-refractivity contribution in [3.05, 3.63) is 50.3 Å². The highest BCUT2D eigenvalue weighted by atomic mass is 127. The highest BCUT2D eigenvalue weighted by Gasteiger charge is 2.16. The zero-order valence-electron chi connectivity index (χ0n) is 13.2. The van der Waals surface area contributed by atoms with Gasteiger partial charge in [0.15, 0.2) is 0 Å². The first-order valence-electron chi connectivity index (χ1n) is 6.84. The standard InChI is InChI=1S/C16H13ClFIN2O4/c1-24-14-7-12(19)10(17)6-9(14)15(22)20-8-3-4-11(18)13(5-8)21-16(23)25-2/h3-7H,1-2H3,(H,20,22)(H,21,23). The fourth-order valence-corrected chi connectivity index (χ4v) is 2.54. The number of carbonyl (C=O) groups is 2. The van der Waals surface area contributed by atoms with Gasteiger partial charge in [-0.15, -0.1) is 0 Å². The lowest BCUT2D eigenvalue weighted by atomic mass is 10.1. The van der Waals surface area contributed by atoms with Crippen molar-refractivity contribution in [3.63, 3.8) is 0 Å². The second-order valence-electron chi connectivity index (χ2n) is 4.73. The van der Waals surface area contributed by atoms with Gasteiger partial charge in [0.25, 0.3) is 5.91 Å². The van der Waals surface area contributed by atoms with Gasteiger partial charge in [0.05, 0.1) is 30.5 Å². The summed E-state index contributed by atoms with van der Waals surface area (Å²) >= 11 is 8.08. The Morgan fingerprint density at radius 2 is 1.88 bits per heavy atom. The molecular weight excluding hydrogens is 466 g/mol. The van der Waals surface area contributed by atoms with E-state index in [0.717, 1.165) is 16.7 Å². The molecular formula is C16H13ClFIN2O4. The van der Waals surface area contributed by atoms with Gasteiger partial charge in [-0.2, -0.15) is 0 Å². The molecule has 0 aliphatic carbocycles. The molecule has 0 saturated carbocycles. The number of halogens is 3. The minimum absolute atomic E-state index is 0.128.